The first-order chi connectivity index (χ1) is 12.2. The molecule has 1 atom stereocenters. The third kappa shape index (κ3) is 3.15. The number of hydrogen-bond donors (Lipinski definition) is 1. The van der Waals surface area contributed by atoms with Crippen LogP contribution in [0.1, 0.15) is 30.4 Å². The number of nitrogens with one attached hydrogen (secondary N) is 1. The molecule has 3 aromatic rings. The molecule has 2 aromatic heterocycles. The fourth-order valence-electron chi connectivity index (χ4n) is 3.57. The summed E-state index contributed by atoms with van der Waals surface area (Å²) in [6.07, 6.45) is 5.76. The summed E-state index contributed by atoms with van der Waals surface area (Å²) in [7, 11) is 1.72. The van der Waals surface area contributed by atoms with E-state index >= 15 is 0 Å². The number of H-pyrrole nitrogens is 1. The molecule has 3 heterocycles. The Bertz CT molecular complexity index is 880. The number of benzene rings is 1. The van der Waals surface area contributed by atoms with Crippen molar-refractivity contribution < 1.29 is 0 Å². The molecule has 0 radical (unpaired) electrons. The zero-order valence-corrected chi connectivity index (χ0v) is 14.3. The van der Waals surface area contributed by atoms with E-state index in [9.17, 15) is 4.79 Å². The third-order valence-corrected chi connectivity index (χ3v) is 4.76. The van der Waals surface area contributed by atoms with Crippen molar-refractivity contribution in [2.75, 3.05) is 13.1 Å². The molecule has 1 saturated heterocycles. The first-order valence-electron chi connectivity index (χ1n) is 8.64. The van der Waals surface area contributed by atoms with E-state index in [0.717, 1.165) is 49.8 Å². The van der Waals surface area contributed by atoms with E-state index in [1.807, 2.05) is 36.5 Å². The van der Waals surface area contributed by atoms with Crippen molar-refractivity contribution >= 4 is 0 Å². The van der Waals surface area contributed by atoms with E-state index in [2.05, 4.69) is 20.0 Å². The summed E-state index contributed by atoms with van der Waals surface area (Å²) in [5.74, 6) is 2.06. The maximum Gasteiger partial charge on any atom is 0.350 e. The van der Waals surface area contributed by atoms with Crippen molar-refractivity contribution in [2.45, 2.75) is 25.3 Å². The number of nitrogens with zero attached hydrogens (tertiary/aromatic N) is 5. The maximum absolute atomic E-state index is 12.6. The van der Waals surface area contributed by atoms with E-state index in [4.69, 9.17) is 0 Å². The van der Waals surface area contributed by atoms with Gasteiger partial charge in [0.25, 0.3) is 0 Å². The molecule has 1 aliphatic rings. The molecular formula is C18H22N6O. The summed E-state index contributed by atoms with van der Waals surface area (Å²) in [6, 6.07) is 9.76. The molecule has 130 valence electrons. The fourth-order valence-corrected chi connectivity index (χ4v) is 3.57. The average molecular weight is 338 g/mol. The Kier molecular flexibility index (Phi) is 4.23. The summed E-state index contributed by atoms with van der Waals surface area (Å²) < 4.78 is 3.19. The smallest absolute Gasteiger partial charge is 0.348 e. The lowest BCUT2D eigenvalue weighted by molar-refractivity contribution is 0.191. The molecule has 0 aliphatic carbocycles. The first-order valence-corrected chi connectivity index (χ1v) is 8.64. The number of imidazole rings is 1. The Morgan fingerprint density at radius 2 is 2.12 bits per heavy atom. The highest BCUT2D eigenvalue weighted by Gasteiger charge is 2.27. The summed E-state index contributed by atoms with van der Waals surface area (Å²) in [4.78, 5) is 22.5. The maximum atomic E-state index is 12.6. The largest absolute Gasteiger partial charge is 0.350 e. The second-order valence-electron chi connectivity index (χ2n) is 6.55. The standard InChI is InChI=1S/C18H22N6O/c1-22-18(25)24(15-7-3-2-4-8-15)17(21-22)14-6-5-11-23(12-14)13-16-19-9-10-20-16/h2-4,7-10,14H,5-6,11-13H2,1H3,(H,19,20)/t14-/m1/s1. The van der Waals surface area contributed by atoms with Crippen LogP contribution in [-0.2, 0) is 13.6 Å². The number of hydrogen-bond acceptors (Lipinski definition) is 4. The number of rotatable bonds is 4. The van der Waals surface area contributed by atoms with Crippen molar-refractivity contribution in [1.82, 2.24) is 29.2 Å². The van der Waals surface area contributed by atoms with Gasteiger partial charge in [-0.15, -0.1) is 0 Å². The first kappa shape index (κ1) is 15.8. The van der Waals surface area contributed by atoms with Crippen LogP contribution in [0.2, 0.25) is 0 Å². The SMILES string of the molecule is Cn1nc([C@@H]2CCCN(Cc3ncc[nH]3)C2)n(-c2ccccc2)c1=O. The minimum absolute atomic E-state index is 0.0932. The van der Waals surface area contributed by atoms with E-state index in [1.54, 1.807) is 17.8 Å². The summed E-state index contributed by atoms with van der Waals surface area (Å²) in [5.41, 5.74) is 0.781. The molecule has 0 bridgehead atoms. The number of aromatic nitrogens is 5. The lowest BCUT2D eigenvalue weighted by atomic mass is 9.97. The highest BCUT2D eigenvalue weighted by atomic mass is 16.2. The number of likely N-dealkylation sites (tertiary alicyclic amines) is 1. The van der Waals surface area contributed by atoms with Gasteiger partial charge in [-0.25, -0.2) is 19.0 Å². The van der Waals surface area contributed by atoms with E-state index < -0.39 is 0 Å². The zero-order valence-electron chi connectivity index (χ0n) is 14.3. The zero-order chi connectivity index (χ0) is 17.2. The van der Waals surface area contributed by atoms with Crippen LogP contribution in [0.15, 0.2) is 47.5 Å². The van der Waals surface area contributed by atoms with Crippen molar-refractivity contribution in [3.05, 3.63) is 64.9 Å². The summed E-state index contributed by atoms with van der Waals surface area (Å²) in [6.45, 7) is 2.72. The second kappa shape index (κ2) is 6.68. The quantitative estimate of drug-likeness (QED) is 0.785. The second-order valence-corrected chi connectivity index (χ2v) is 6.55. The van der Waals surface area contributed by atoms with Gasteiger partial charge < -0.3 is 4.98 Å². The fraction of sp³-hybridized carbons (Fsp3) is 0.389. The molecule has 7 heteroatoms. The lowest BCUT2D eigenvalue weighted by Gasteiger charge is -2.31. The molecule has 7 nitrogen and oxygen atoms in total. The van der Waals surface area contributed by atoms with E-state index in [1.165, 1.54) is 4.68 Å². The number of para-hydroxylation sites is 1. The van der Waals surface area contributed by atoms with Crippen LogP contribution in [0.4, 0.5) is 0 Å². The van der Waals surface area contributed by atoms with Crippen LogP contribution in [0.3, 0.4) is 0 Å². The predicted molar refractivity (Wildman–Crippen MR) is 94.6 cm³/mol. The number of aromatic amines is 1. The van der Waals surface area contributed by atoms with Gasteiger partial charge in [-0.05, 0) is 31.5 Å². The van der Waals surface area contributed by atoms with Crippen LogP contribution in [0, 0.1) is 0 Å². The molecule has 1 fully saturated rings. The minimum atomic E-state index is -0.0932. The van der Waals surface area contributed by atoms with Gasteiger partial charge in [0.05, 0.1) is 12.2 Å². The normalized spacial score (nSPS) is 18.5. The van der Waals surface area contributed by atoms with E-state index in [0.29, 0.717) is 0 Å². The topological polar surface area (TPSA) is 71.7 Å². The molecule has 0 saturated carbocycles. The van der Waals surface area contributed by atoms with Gasteiger partial charge in [0, 0.05) is 31.9 Å². The molecule has 0 spiro atoms. The lowest BCUT2D eigenvalue weighted by Crippen LogP contribution is -2.35. The average Bonchev–Trinajstić information content (AvgIpc) is 3.25. The van der Waals surface area contributed by atoms with E-state index in [-0.39, 0.29) is 11.6 Å². The van der Waals surface area contributed by atoms with Crippen molar-refractivity contribution in [1.29, 1.82) is 0 Å². The van der Waals surface area contributed by atoms with Crippen molar-refractivity contribution in [2.24, 2.45) is 7.05 Å². The molecule has 0 unspecified atom stereocenters. The Labute approximate surface area is 145 Å². The summed E-state index contributed by atoms with van der Waals surface area (Å²) >= 11 is 0. The van der Waals surface area contributed by atoms with Crippen LogP contribution in [0.5, 0.6) is 0 Å². The van der Waals surface area contributed by atoms with Gasteiger partial charge in [0.15, 0.2) is 0 Å². The third-order valence-electron chi connectivity index (χ3n) is 4.76. The summed E-state index contributed by atoms with van der Waals surface area (Å²) in [5, 5.41) is 4.56. The predicted octanol–water partition coefficient (Wildman–Crippen LogP) is 1.67. The van der Waals surface area contributed by atoms with Gasteiger partial charge in [-0.1, -0.05) is 18.2 Å². The van der Waals surface area contributed by atoms with Gasteiger partial charge in [-0.2, -0.15) is 5.10 Å². The monoisotopic (exact) mass is 338 g/mol. The minimum Gasteiger partial charge on any atom is -0.348 e. The van der Waals surface area contributed by atoms with Gasteiger partial charge in [0.1, 0.15) is 11.6 Å². The number of piperidine rings is 1. The molecular weight excluding hydrogens is 316 g/mol. The molecule has 1 N–H and O–H groups in total. The molecule has 1 aromatic carbocycles. The number of aryl methyl sites for hydroxylation is 1. The molecule has 0 amide bonds. The molecule has 1 aliphatic heterocycles. The van der Waals surface area contributed by atoms with Gasteiger partial charge in [0.2, 0.25) is 0 Å². The van der Waals surface area contributed by atoms with Crippen molar-refractivity contribution in [3.8, 4) is 5.69 Å². The van der Waals surface area contributed by atoms with Crippen molar-refractivity contribution in [3.63, 3.8) is 0 Å². The van der Waals surface area contributed by atoms with Crippen LogP contribution < -0.4 is 5.69 Å². The van der Waals surface area contributed by atoms with Crippen LogP contribution in [0.25, 0.3) is 5.69 Å². The van der Waals surface area contributed by atoms with Gasteiger partial charge >= 0.3 is 5.69 Å². The highest BCUT2D eigenvalue weighted by Crippen LogP contribution is 2.27. The Morgan fingerprint density at radius 3 is 2.88 bits per heavy atom. The Balaban J connectivity index is 1.63. The highest BCUT2D eigenvalue weighted by molar-refractivity contribution is 5.33. The molecule has 25 heavy (non-hydrogen) atoms. The van der Waals surface area contributed by atoms with Crippen LogP contribution in [-0.4, -0.2) is 42.3 Å². The Morgan fingerprint density at radius 1 is 1.28 bits per heavy atom. The van der Waals surface area contributed by atoms with Gasteiger partial charge in [-0.3, -0.25) is 4.90 Å². The molecule has 4 rings (SSSR count). The Hall–Kier alpha value is -2.67. The van der Waals surface area contributed by atoms with Crippen LogP contribution >= 0.6 is 0 Å².